The van der Waals surface area contributed by atoms with E-state index in [9.17, 15) is 9.90 Å². The fourth-order valence-corrected chi connectivity index (χ4v) is 5.72. The zero-order valence-electron chi connectivity index (χ0n) is 18.8. The molecule has 0 aromatic carbocycles. The molecule has 1 heterocycles. The molecule has 0 spiro atoms. The van der Waals surface area contributed by atoms with Gasteiger partial charge in [0.05, 0.1) is 19.4 Å². The number of aromatic nitrogens is 2. The van der Waals surface area contributed by atoms with E-state index in [0.29, 0.717) is 35.8 Å². The average Bonchev–Trinajstić information content (AvgIpc) is 3.10. The molecule has 2 N–H and O–H groups in total. The molecule has 4 fully saturated rings. The Hall–Kier alpha value is -1.82. The number of aliphatic hydroxyl groups is 1. The van der Waals surface area contributed by atoms with E-state index in [1.54, 1.807) is 17.1 Å². The minimum absolute atomic E-state index is 0.0345. The molecular weight excluding hydrogens is 378 g/mol. The van der Waals surface area contributed by atoms with E-state index in [4.69, 9.17) is 4.74 Å². The molecule has 1 aromatic heterocycles. The molecule has 6 nitrogen and oxygen atoms in total. The highest BCUT2D eigenvalue weighted by molar-refractivity contribution is 5.96. The van der Waals surface area contributed by atoms with Crippen LogP contribution in [0.2, 0.25) is 0 Å². The summed E-state index contributed by atoms with van der Waals surface area (Å²) in [7, 11) is 0. The van der Waals surface area contributed by atoms with Crippen LogP contribution >= 0.6 is 0 Å². The molecule has 166 valence electrons. The van der Waals surface area contributed by atoms with E-state index < -0.39 is 0 Å². The number of aliphatic hydroxyl groups excluding tert-OH is 1. The maximum Gasteiger partial charge on any atom is 0.258 e. The lowest BCUT2D eigenvalue weighted by molar-refractivity contribution is -0.0120. The van der Waals surface area contributed by atoms with Crippen LogP contribution in [0.25, 0.3) is 6.20 Å². The molecule has 30 heavy (non-hydrogen) atoms. The maximum absolute atomic E-state index is 13.3. The second-order valence-corrected chi connectivity index (χ2v) is 10.9. The monoisotopic (exact) mass is 415 g/mol. The van der Waals surface area contributed by atoms with Crippen LogP contribution in [0.5, 0.6) is 5.88 Å². The number of carbonyl (C=O) groups excluding carboxylic acids is 1. The zero-order chi connectivity index (χ0) is 21.5. The first kappa shape index (κ1) is 21.4. The number of carbonyl (C=O) groups is 1. The van der Waals surface area contributed by atoms with Crippen LogP contribution in [-0.2, 0) is 0 Å². The molecule has 0 saturated heterocycles. The van der Waals surface area contributed by atoms with E-state index >= 15 is 0 Å². The Labute approximate surface area is 180 Å². The molecule has 0 radical (unpaired) electrons. The van der Waals surface area contributed by atoms with Crippen molar-refractivity contribution in [2.24, 2.45) is 35.0 Å². The van der Waals surface area contributed by atoms with Gasteiger partial charge in [-0.25, -0.2) is 4.68 Å². The Balaban J connectivity index is 1.52. The Bertz CT molecular complexity index is 768. The van der Waals surface area contributed by atoms with Crippen molar-refractivity contribution in [1.82, 2.24) is 15.1 Å². The lowest BCUT2D eigenvalue weighted by Gasteiger charge is -2.54. The van der Waals surface area contributed by atoms with Crippen molar-refractivity contribution >= 4 is 12.1 Å². The van der Waals surface area contributed by atoms with Crippen molar-refractivity contribution in [3.05, 3.63) is 17.8 Å². The number of ether oxygens (including phenoxy) is 1. The zero-order valence-corrected chi connectivity index (χ0v) is 18.8. The van der Waals surface area contributed by atoms with Gasteiger partial charge < -0.3 is 15.2 Å². The molecule has 1 aromatic rings. The highest BCUT2D eigenvalue weighted by atomic mass is 16.5. The van der Waals surface area contributed by atoms with Gasteiger partial charge in [0.1, 0.15) is 5.56 Å². The third-order valence-electron chi connectivity index (χ3n) is 7.15. The molecule has 0 aliphatic heterocycles. The van der Waals surface area contributed by atoms with E-state index in [1.165, 1.54) is 32.1 Å². The Morgan fingerprint density at radius 3 is 2.47 bits per heavy atom. The largest absolute Gasteiger partial charge is 0.477 e. The number of nitrogens with zero attached hydrogens (tertiary/aromatic N) is 2. The van der Waals surface area contributed by atoms with Gasteiger partial charge in [0.15, 0.2) is 0 Å². The number of rotatable bonds is 8. The number of nitrogens with one attached hydrogen (secondary N) is 1. The fraction of sp³-hybridized carbons (Fsp3) is 0.750. The third kappa shape index (κ3) is 4.43. The smallest absolute Gasteiger partial charge is 0.258 e. The Kier molecular flexibility index (Phi) is 5.97. The summed E-state index contributed by atoms with van der Waals surface area (Å²) in [5, 5.41) is 17.3. The fourth-order valence-electron chi connectivity index (χ4n) is 5.72. The van der Waals surface area contributed by atoms with E-state index in [-0.39, 0.29) is 24.0 Å². The van der Waals surface area contributed by atoms with Crippen LogP contribution in [-0.4, -0.2) is 40.0 Å². The third-order valence-corrected chi connectivity index (χ3v) is 7.15. The van der Waals surface area contributed by atoms with Crippen molar-refractivity contribution in [2.75, 3.05) is 13.2 Å². The van der Waals surface area contributed by atoms with Crippen molar-refractivity contribution in [3.63, 3.8) is 0 Å². The maximum atomic E-state index is 13.3. The molecule has 0 unspecified atom stereocenters. The van der Waals surface area contributed by atoms with Gasteiger partial charge in [0.2, 0.25) is 5.88 Å². The van der Waals surface area contributed by atoms with Gasteiger partial charge in [-0.15, -0.1) is 0 Å². The summed E-state index contributed by atoms with van der Waals surface area (Å²) >= 11 is 0. The molecule has 4 saturated carbocycles. The second-order valence-electron chi connectivity index (χ2n) is 10.9. The number of hydrogen-bond acceptors (Lipinski definition) is 4. The number of amides is 1. The highest BCUT2D eigenvalue weighted by Crippen LogP contribution is 2.53. The van der Waals surface area contributed by atoms with Gasteiger partial charge >= 0.3 is 0 Å². The standard InChI is InChI=1S/C24H37N3O3/c1-15(2)13-30-23-20(12-25-27(23)6-5-24(3,4)14-28)22(29)26-21-18-8-16-7-17(10-18)11-19(21)9-16/h5-6,12,15-19,21,28H,7-11,13-14H2,1-4H3,(H,26,29). The van der Waals surface area contributed by atoms with Gasteiger partial charge in [-0.3, -0.25) is 4.79 Å². The molecule has 6 heteroatoms. The van der Waals surface area contributed by atoms with E-state index in [0.717, 1.165) is 11.8 Å². The van der Waals surface area contributed by atoms with Gasteiger partial charge in [-0.2, -0.15) is 5.10 Å². The van der Waals surface area contributed by atoms with Crippen molar-refractivity contribution in [2.45, 2.75) is 65.8 Å². The van der Waals surface area contributed by atoms with Gasteiger partial charge in [0, 0.05) is 17.7 Å². The van der Waals surface area contributed by atoms with E-state index in [1.807, 2.05) is 19.9 Å². The Morgan fingerprint density at radius 2 is 1.90 bits per heavy atom. The van der Waals surface area contributed by atoms with Crippen LogP contribution in [0, 0.1) is 35.0 Å². The summed E-state index contributed by atoms with van der Waals surface area (Å²) in [4.78, 5) is 13.3. The molecule has 4 aliphatic carbocycles. The highest BCUT2D eigenvalue weighted by Gasteiger charge is 2.48. The summed E-state index contributed by atoms with van der Waals surface area (Å²) < 4.78 is 7.64. The quantitative estimate of drug-likeness (QED) is 0.674. The van der Waals surface area contributed by atoms with Gasteiger partial charge in [-0.05, 0) is 61.7 Å². The van der Waals surface area contributed by atoms with Crippen molar-refractivity contribution < 1.29 is 14.6 Å². The molecule has 0 atom stereocenters. The summed E-state index contributed by atoms with van der Waals surface area (Å²) in [5.41, 5.74) is 0.125. The lowest BCUT2D eigenvalue weighted by Crippen LogP contribution is -2.55. The summed E-state index contributed by atoms with van der Waals surface area (Å²) in [6, 6.07) is 0.287. The minimum Gasteiger partial charge on any atom is -0.477 e. The summed E-state index contributed by atoms with van der Waals surface area (Å²) in [6.07, 6.45) is 11.8. The van der Waals surface area contributed by atoms with Crippen LogP contribution in [0.1, 0.15) is 70.2 Å². The van der Waals surface area contributed by atoms with Crippen LogP contribution in [0.15, 0.2) is 12.3 Å². The molecular formula is C24H37N3O3. The predicted molar refractivity (Wildman–Crippen MR) is 117 cm³/mol. The Morgan fingerprint density at radius 1 is 1.27 bits per heavy atom. The first-order valence-electron chi connectivity index (χ1n) is 11.6. The lowest BCUT2D eigenvalue weighted by atomic mass is 9.54. The first-order chi connectivity index (χ1) is 14.3. The second kappa shape index (κ2) is 8.37. The predicted octanol–water partition coefficient (Wildman–Crippen LogP) is 3.96. The SMILES string of the molecule is CC(C)COc1c(C(=O)NC2C3CC4CC(C3)CC2C4)cnn1C=CC(C)(C)CO. The molecule has 4 bridgehead atoms. The molecule has 5 rings (SSSR count). The molecule has 1 amide bonds. The van der Waals surface area contributed by atoms with Gasteiger partial charge in [-0.1, -0.05) is 33.8 Å². The minimum atomic E-state index is -0.371. The van der Waals surface area contributed by atoms with Crippen molar-refractivity contribution in [3.8, 4) is 5.88 Å². The molecule has 4 aliphatic rings. The van der Waals surface area contributed by atoms with Crippen LogP contribution < -0.4 is 10.1 Å². The van der Waals surface area contributed by atoms with Gasteiger partial charge in [0.25, 0.3) is 5.91 Å². The topological polar surface area (TPSA) is 76.4 Å². The average molecular weight is 416 g/mol. The summed E-state index contributed by atoms with van der Waals surface area (Å²) in [6.45, 7) is 8.61. The number of hydrogen-bond donors (Lipinski definition) is 2. The van der Waals surface area contributed by atoms with Crippen molar-refractivity contribution in [1.29, 1.82) is 0 Å². The van der Waals surface area contributed by atoms with Crippen LogP contribution in [0.4, 0.5) is 0 Å². The summed E-state index contributed by atoms with van der Waals surface area (Å²) in [5.74, 6) is 3.77. The normalized spacial score (nSPS) is 30.4. The first-order valence-corrected chi connectivity index (χ1v) is 11.6. The van der Waals surface area contributed by atoms with Crippen LogP contribution in [0.3, 0.4) is 0 Å². The van der Waals surface area contributed by atoms with E-state index in [2.05, 4.69) is 24.3 Å².